The van der Waals surface area contributed by atoms with Gasteiger partial charge in [-0.1, -0.05) is 48.6 Å². The summed E-state index contributed by atoms with van der Waals surface area (Å²) in [5, 5.41) is 5.49. The Kier molecular flexibility index (Phi) is 4.35. The standard InChI is InChI=1S/C14H15NS/c1-2-6-13(7-3-1)8-4-10-15-12-14-9-5-11-16-14/h1-9,11,15H,10,12H2/b8-4+. The Labute approximate surface area is 100 Å². The third kappa shape index (κ3) is 3.65. The monoisotopic (exact) mass is 229 g/mol. The van der Waals surface area contributed by atoms with Gasteiger partial charge in [-0.05, 0) is 17.0 Å². The predicted molar refractivity (Wildman–Crippen MR) is 71.5 cm³/mol. The fourth-order valence-electron chi connectivity index (χ4n) is 1.45. The molecule has 0 amide bonds. The van der Waals surface area contributed by atoms with Crippen molar-refractivity contribution in [3.05, 3.63) is 64.4 Å². The van der Waals surface area contributed by atoms with Crippen LogP contribution in [0.1, 0.15) is 10.4 Å². The molecule has 82 valence electrons. The zero-order valence-electron chi connectivity index (χ0n) is 9.10. The molecule has 0 aliphatic rings. The van der Waals surface area contributed by atoms with Crippen molar-refractivity contribution in [1.82, 2.24) is 5.32 Å². The van der Waals surface area contributed by atoms with Gasteiger partial charge < -0.3 is 5.32 Å². The number of hydrogen-bond acceptors (Lipinski definition) is 2. The van der Waals surface area contributed by atoms with Crippen molar-refractivity contribution in [2.45, 2.75) is 6.54 Å². The summed E-state index contributed by atoms with van der Waals surface area (Å²) in [6.45, 7) is 1.86. The second-order valence-corrected chi connectivity index (χ2v) is 4.56. The molecular formula is C14H15NS. The average molecular weight is 229 g/mol. The van der Waals surface area contributed by atoms with Gasteiger partial charge in [-0.15, -0.1) is 11.3 Å². The maximum absolute atomic E-state index is 3.38. The molecule has 1 aromatic carbocycles. The van der Waals surface area contributed by atoms with E-state index in [9.17, 15) is 0 Å². The number of thiophene rings is 1. The van der Waals surface area contributed by atoms with E-state index in [4.69, 9.17) is 0 Å². The van der Waals surface area contributed by atoms with Crippen LogP contribution in [0.4, 0.5) is 0 Å². The second kappa shape index (κ2) is 6.26. The quantitative estimate of drug-likeness (QED) is 0.773. The molecular weight excluding hydrogens is 214 g/mol. The lowest BCUT2D eigenvalue weighted by Crippen LogP contribution is -2.11. The van der Waals surface area contributed by atoms with Gasteiger partial charge in [-0.25, -0.2) is 0 Å². The summed E-state index contributed by atoms with van der Waals surface area (Å²) in [6, 6.07) is 14.6. The van der Waals surface area contributed by atoms with Crippen molar-refractivity contribution in [1.29, 1.82) is 0 Å². The van der Waals surface area contributed by atoms with E-state index in [0.29, 0.717) is 0 Å². The zero-order valence-corrected chi connectivity index (χ0v) is 9.91. The van der Waals surface area contributed by atoms with Crippen molar-refractivity contribution in [3.8, 4) is 0 Å². The highest BCUT2D eigenvalue weighted by molar-refractivity contribution is 7.09. The molecule has 0 bridgehead atoms. The van der Waals surface area contributed by atoms with Gasteiger partial charge in [0, 0.05) is 18.0 Å². The number of rotatable bonds is 5. The van der Waals surface area contributed by atoms with Gasteiger partial charge in [0.2, 0.25) is 0 Å². The fraction of sp³-hybridized carbons (Fsp3) is 0.143. The van der Waals surface area contributed by atoms with Gasteiger partial charge in [0.05, 0.1) is 0 Å². The first-order chi connectivity index (χ1) is 7.95. The Bertz CT molecular complexity index is 417. The lowest BCUT2D eigenvalue weighted by atomic mass is 10.2. The van der Waals surface area contributed by atoms with Crippen LogP contribution in [0.15, 0.2) is 53.9 Å². The average Bonchev–Trinajstić information content (AvgIpc) is 2.83. The molecule has 0 atom stereocenters. The van der Waals surface area contributed by atoms with E-state index in [1.54, 1.807) is 11.3 Å². The highest BCUT2D eigenvalue weighted by Crippen LogP contribution is 2.07. The van der Waals surface area contributed by atoms with Crippen LogP contribution in [0.25, 0.3) is 6.08 Å². The van der Waals surface area contributed by atoms with Crippen LogP contribution in [0, 0.1) is 0 Å². The fourth-order valence-corrected chi connectivity index (χ4v) is 2.13. The normalized spacial score (nSPS) is 11.0. The summed E-state index contributed by atoms with van der Waals surface area (Å²) in [4.78, 5) is 1.38. The molecule has 0 saturated carbocycles. The predicted octanol–water partition coefficient (Wildman–Crippen LogP) is 3.55. The minimum Gasteiger partial charge on any atom is -0.308 e. The van der Waals surface area contributed by atoms with E-state index in [1.807, 2.05) is 6.07 Å². The molecule has 1 aromatic heterocycles. The van der Waals surface area contributed by atoms with Crippen LogP contribution in [0.5, 0.6) is 0 Å². The van der Waals surface area contributed by atoms with Crippen LogP contribution < -0.4 is 5.32 Å². The number of nitrogens with one attached hydrogen (secondary N) is 1. The Hall–Kier alpha value is -1.38. The zero-order chi connectivity index (χ0) is 11.1. The summed E-state index contributed by atoms with van der Waals surface area (Å²) >= 11 is 1.79. The molecule has 0 aliphatic heterocycles. The van der Waals surface area contributed by atoms with Gasteiger partial charge in [0.15, 0.2) is 0 Å². The van der Waals surface area contributed by atoms with E-state index >= 15 is 0 Å². The highest BCUT2D eigenvalue weighted by Gasteiger charge is 1.90. The molecule has 1 N–H and O–H groups in total. The summed E-state index contributed by atoms with van der Waals surface area (Å²) in [6.07, 6.45) is 4.30. The van der Waals surface area contributed by atoms with Crippen LogP contribution in [0.3, 0.4) is 0 Å². The van der Waals surface area contributed by atoms with E-state index < -0.39 is 0 Å². The van der Waals surface area contributed by atoms with Crippen LogP contribution in [-0.2, 0) is 6.54 Å². The Balaban J connectivity index is 1.70. The van der Waals surface area contributed by atoms with Gasteiger partial charge in [0.1, 0.15) is 0 Å². The Morgan fingerprint density at radius 3 is 2.69 bits per heavy atom. The van der Waals surface area contributed by atoms with Crippen LogP contribution in [-0.4, -0.2) is 6.54 Å². The van der Waals surface area contributed by atoms with Gasteiger partial charge in [-0.2, -0.15) is 0 Å². The van der Waals surface area contributed by atoms with E-state index in [-0.39, 0.29) is 0 Å². The maximum Gasteiger partial charge on any atom is 0.0302 e. The Morgan fingerprint density at radius 1 is 1.06 bits per heavy atom. The molecule has 2 heteroatoms. The van der Waals surface area contributed by atoms with Crippen LogP contribution in [0.2, 0.25) is 0 Å². The molecule has 2 aromatic rings. The third-order valence-electron chi connectivity index (χ3n) is 2.25. The molecule has 1 heterocycles. The van der Waals surface area contributed by atoms with Crippen molar-refractivity contribution < 1.29 is 0 Å². The van der Waals surface area contributed by atoms with E-state index in [2.05, 4.69) is 59.2 Å². The maximum atomic E-state index is 3.38. The highest BCUT2D eigenvalue weighted by atomic mass is 32.1. The summed E-state index contributed by atoms with van der Waals surface area (Å²) < 4.78 is 0. The third-order valence-corrected chi connectivity index (χ3v) is 3.13. The smallest absolute Gasteiger partial charge is 0.0302 e. The van der Waals surface area contributed by atoms with Gasteiger partial charge in [0.25, 0.3) is 0 Å². The first kappa shape index (κ1) is 11.1. The van der Waals surface area contributed by atoms with Gasteiger partial charge >= 0.3 is 0 Å². The second-order valence-electron chi connectivity index (χ2n) is 3.52. The first-order valence-electron chi connectivity index (χ1n) is 5.40. The molecule has 0 radical (unpaired) electrons. The summed E-state index contributed by atoms with van der Waals surface area (Å²) in [5.74, 6) is 0. The number of benzene rings is 1. The van der Waals surface area contributed by atoms with Crippen molar-refractivity contribution in [2.24, 2.45) is 0 Å². The van der Waals surface area contributed by atoms with E-state index in [0.717, 1.165) is 13.1 Å². The lowest BCUT2D eigenvalue weighted by molar-refractivity contribution is 0.771. The Morgan fingerprint density at radius 2 is 1.94 bits per heavy atom. The van der Waals surface area contributed by atoms with Crippen molar-refractivity contribution in [3.63, 3.8) is 0 Å². The molecule has 1 nitrogen and oxygen atoms in total. The van der Waals surface area contributed by atoms with Gasteiger partial charge in [-0.3, -0.25) is 0 Å². The van der Waals surface area contributed by atoms with Crippen molar-refractivity contribution in [2.75, 3.05) is 6.54 Å². The molecule has 0 saturated heterocycles. The molecule has 0 fully saturated rings. The van der Waals surface area contributed by atoms with E-state index in [1.165, 1.54) is 10.4 Å². The molecule has 0 spiro atoms. The lowest BCUT2D eigenvalue weighted by Gasteiger charge is -1.97. The minimum absolute atomic E-state index is 0.910. The summed E-state index contributed by atoms with van der Waals surface area (Å²) in [7, 11) is 0. The van der Waals surface area contributed by atoms with Crippen LogP contribution >= 0.6 is 11.3 Å². The molecule has 16 heavy (non-hydrogen) atoms. The molecule has 0 aliphatic carbocycles. The molecule has 2 rings (SSSR count). The minimum atomic E-state index is 0.910. The number of hydrogen-bond donors (Lipinski definition) is 1. The first-order valence-corrected chi connectivity index (χ1v) is 6.28. The molecule has 0 unspecified atom stereocenters. The topological polar surface area (TPSA) is 12.0 Å². The summed E-state index contributed by atoms with van der Waals surface area (Å²) in [5.41, 5.74) is 1.25. The SMILES string of the molecule is C(=C\c1ccccc1)/CNCc1cccs1. The largest absolute Gasteiger partial charge is 0.308 e. The van der Waals surface area contributed by atoms with Crippen molar-refractivity contribution >= 4 is 17.4 Å².